The van der Waals surface area contributed by atoms with Crippen LogP contribution in [0.4, 0.5) is 11.4 Å². The maximum atomic E-state index is 13.5. The van der Waals surface area contributed by atoms with E-state index in [9.17, 15) is 18.0 Å². The van der Waals surface area contributed by atoms with Crippen molar-refractivity contribution in [2.75, 3.05) is 23.1 Å². The van der Waals surface area contributed by atoms with Crippen LogP contribution in [0.5, 0.6) is 5.75 Å². The number of anilines is 2. The van der Waals surface area contributed by atoms with Crippen LogP contribution in [-0.4, -0.2) is 38.3 Å². The van der Waals surface area contributed by atoms with Crippen LogP contribution in [0, 0.1) is 6.92 Å². The lowest BCUT2D eigenvalue weighted by Gasteiger charge is -2.20. The molecule has 2 heterocycles. The highest BCUT2D eigenvalue weighted by atomic mass is 35.5. The van der Waals surface area contributed by atoms with Crippen molar-refractivity contribution in [2.45, 2.75) is 11.8 Å². The van der Waals surface area contributed by atoms with Crippen LogP contribution in [0.1, 0.15) is 10.4 Å². The Morgan fingerprint density at radius 3 is 2.73 bits per heavy atom. The number of thiophene rings is 1. The highest BCUT2D eigenvalue weighted by Gasteiger charge is 2.34. The molecule has 9 nitrogen and oxygen atoms in total. The number of nitrogens with two attached hydrogens (primary N) is 1. The summed E-state index contributed by atoms with van der Waals surface area (Å²) < 4.78 is 28.6. The van der Waals surface area contributed by atoms with Crippen LogP contribution in [0.15, 0.2) is 69.5 Å². The molecule has 1 aliphatic rings. The Labute approximate surface area is 227 Å². The molecule has 3 aromatic rings. The molecule has 0 radical (unpaired) electrons. The summed E-state index contributed by atoms with van der Waals surface area (Å²) in [6.45, 7) is 1.94. The molecule has 1 aromatic heterocycles. The van der Waals surface area contributed by atoms with Gasteiger partial charge in [0.15, 0.2) is 5.17 Å². The van der Waals surface area contributed by atoms with Gasteiger partial charge in [-0.3, -0.25) is 9.59 Å². The average molecular weight is 577 g/mol. The van der Waals surface area contributed by atoms with Gasteiger partial charge in [-0.15, -0.1) is 11.3 Å². The van der Waals surface area contributed by atoms with E-state index in [2.05, 4.69) is 10.3 Å². The molecule has 2 amide bonds. The van der Waals surface area contributed by atoms with Gasteiger partial charge in [0.25, 0.3) is 5.91 Å². The first-order valence-electron chi connectivity index (χ1n) is 10.6. The van der Waals surface area contributed by atoms with E-state index < -0.39 is 21.8 Å². The number of sulfonamides is 1. The van der Waals surface area contributed by atoms with Gasteiger partial charge in [0.2, 0.25) is 15.9 Å². The van der Waals surface area contributed by atoms with Crippen molar-refractivity contribution in [3.05, 3.63) is 75.1 Å². The number of carbonyl (C=O) groups excluding carboxylic acids is 2. The number of nitrogens with one attached hydrogen (secondary N) is 1. The van der Waals surface area contributed by atoms with E-state index in [1.165, 1.54) is 41.5 Å². The maximum Gasteiger partial charge on any atom is 0.283 e. The number of amides is 2. The molecule has 3 N–H and O–H groups in total. The third-order valence-electron chi connectivity index (χ3n) is 5.16. The van der Waals surface area contributed by atoms with Crippen LogP contribution in [0.25, 0.3) is 6.08 Å². The number of benzene rings is 2. The van der Waals surface area contributed by atoms with Crippen molar-refractivity contribution in [3.8, 4) is 5.75 Å². The van der Waals surface area contributed by atoms with Gasteiger partial charge in [-0.2, -0.15) is 0 Å². The minimum atomic E-state index is -3.92. The van der Waals surface area contributed by atoms with Gasteiger partial charge in [-0.1, -0.05) is 29.4 Å². The number of aliphatic imine (C=N–C) groups is 1. The molecule has 1 aliphatic heterocycles. The highest BCUT2D eigenvalue weighted by Crippen LogP contribution is 2.37. The van der Waals surface area contributed by atoms with E-state index >= 15 is 0 Å². The van der Waals surface area contributed by atoms with Crippen LogP contribution in [0.2, 0.25) is 5.02 Å². The monoisotopic (exact) mass is 576 g/mol. The van der Waals surface area contributed by atoms with E-state index in [1.807, 2.05) is 18.4 Å². The second kappa shape index (κ2) is 11.1. The average Bonchev–Trinajstić information content (AvgIpc) is 3.39. The predicted octanol–water partition coefficient (Wildman–Crippen LogP) is 4.48. The topological polar surface area (TPSA) is 131 Å². The molecule has 0 spiro atoms. The van der Waals surface area contributed by atoms with Gasteiger partial charge in [0, 0.05) is 15.6 Å². The molecule has 0 saturated heterocycles. The van der Waals surface area contributed by atoms with E-state index in [-0.39, 0.29) is 27.2 Å². The van der Waals surface area contributed by atoms with Gasteiger partial charge in [-0.05, 0) is 66.4 Å². The summed E-state index contributed by atoms with van der Waals surface area (Å²) in [5, 5.41) is 10.4. The summed E-state index contributed by atoms with van der Waals surface area (Å²) in [5.74, 6) is -0.534. The normalized spacial score (nSPS) is 14.7. The third-order valence-corrected chi connectivity index (χ3v) is 8.21. The first-order chi connectivity index (χ1) is 17.6. The lowest BCUT2D eigenvalue weighted by molar-refractivity contribution is -0.114. The number of methoxy groups -OCH3 is 1. The largest absolute Gasteiger partial charge is 0.495 e. The lowest BCUT2D eigenvalue weighted by atomic mass is 10.2. The molecule has 4 rings (SSSR count). The zero-order chi connectivity index (χ0) is 26.7. The molecule has 13 heteroatoms. The van der Waals surface area contributed by atoms with Crippen molar-refractivity contribution in [1.29, 1.82) is 0 Å². The first-order valence-corrected chi connectivity index (χ1v) is 14.4. The number of amidine groups is 1. The molecule has 0 bridgehead atoms. The SMILES string of the molecule is COc1ccc(Cl)cc1N1C(=O)C(=Cc2sccc2C)N=C1SCC(=O)Nc1cccc(S(N)(=O)=O)c1. The van der Waals surface area contributed by atoms with Crippen molar-refractivity contribution < 1.29 is 22.7 Å². The number of ether oxygens (including phenoxy) is 1. The number of aryl methyl sites for hydroxylation is 1. The summed E-state index contributed by atoms with van der Waals surface area (Å²) >= 11 is 8.74. The second-order valence-electron chi connectivity index (χ2n) is 7.76. The van der Waals surface area contributed by atoms with Crippen molar-refractivity contribution in [2.24, 2.45) is 10.1 Å². The summed E-state index contributed by atoms with van der Waals surface area (Å²) in [6.07, 6.45) is 1.71. The molecule has 0 unspecified atom stereocenters. The molecular formula is C24H21ClN4O5S3. The van der Waals surface area contributed by atoms with Crippen molar-refractivity contribution >= 4 is 79.2 Å². The minimum absolute atomic E-state index is 0.115. The Balaban J connectivity index is 1.61. The Hall–Kier alpha value is -3.16. The number of rotatable bonds is 7. The van der Waals surface area contributed by atoms with Crippen molar-refractivity contribution in [3.63, 3.8) is 0 Å². The quantitative estimate of drug-likeness (QED) is 0.399. The minimum Gasteiger partial charge on any atom is -0.495 e. The van der Waals surface area contributed by atoms with Crippen LogP contribution in [0.3, 0.4) is 0 Å². The van der Waals surface area contributed by atoms with Crippen LogP contribution >= 0.6 is 34.7 Å². The van der Waals surface area contributed by atoms with Crippen molar-refractivity contribution in [1.82, 2.24) is 0 Å². The number of primary sulfonamides is 1. The molecule has 0 aliphatic carbocycles. The fourth-order valence-electron chi connectivity index (χ4n) is 3.38. The third kappa shape index (κ3) is 6.22. The number of nitrogens with zero attached hydrogens (tertiary/aromatic N) is 2. The van der Waals surface area contributed by atoms with Crippen LogP contribution in [-0.2, 0) is 19.6 Å². The molecule has 0 fully saturated rings. The maximum absolute atomic E-state index is 13.5. The van der Waals surface area contributed by atoms with E-state index in [0.29, 0.717) is 16.5 Å². The number of carbonyl (C=O) groups is 2. The highest BCUT2D eigenvalue weighted by molar-refractivity contribution is 8.14. The summed E-state index contributed by atoms with van der Waals surface area (Å²) in [7, 11) is -2.44. The number of thioether (sulfide) groups is 1. The Kier molecular flexibility index (Phi) is 8.05. The smallest absolute Gasteiger partial charge is 0.283 e. The fourth-order valence-corrected chi connectivity index (χ4v) is 5.76. The molecule has 0 atom stereocenters. The van der Waals surface area contributed by atoms with Crippen LogP contribution < -0.4 is 20.1 Å². The second-order valence-corrected chi connectivity index (χ2v) is 11.6. The Morgan fingerprint density at radius 2 is 2.05 bits per heavy atom. The van der Waals surface area contributed by atoms with E-state index in [4.69, 9.17) is 21.5 Å². The summed E-state index contributed by atoms with van der Waals surface area (Å²) in [6, 6.07) is 12.4. The fraction of sp³-hybridized carbons (Fsp3) is 0.125. The summed E-state index contributed by atoms with van der Waals surface area (Å²) in [4.78, 5) is 32.8. The number of hydrogen-bond acceptors (Lipinski definition) is 8. The molecule has 37 heavy (non-hydrogen) atoms. The Bertz CT molecular complexity index is 1550. The molecule has 2 aromatic carbocycles. The van der Waals surface area contributed by atoms with Gasteiger partial charge >= 0.3 is 0 Å². The zero-order valence-electron chi connectivity index (χ0n) is 19.6. The summed E-state index contributed by atoms with van der Waals surface area (Å²) in [5.41, 5.74) is 1.87. The first kappa shape index (κ1) is 26.9. The Morgan fingerprint density at radius 1 is 1.27 bits per heavy atom. The molecule has 0 saturated carbocycles. The molecule has 192 valence electrons. The lowest BCUT2D eigenvalue weighted by Crippen LogP contribution is -2.31. The zero-order valence-corrected chi connectivity index (χ0v) is 22.8. The van der Waals surface area contributed by atoms with E-state index in [0.717, 1.165) is 22.2 Å². The standard InChI is InChI=1S/C24H21ClN4O5S3/c1-14-8-9-35-21(14)12-18-23(31)29(19-10-15(25)6-7-20(19)34-2)24(28-18)36-13-22(30)27-16-4-3-5-17(11-16)37(26,32)33/h3-12H,13H2,1-2H3,(H,27,30)(H2,26,32,33). The van der Waals surface area contributed by atoms with Gasteiger partial charge in [0.1, 0.15) is 11.4 Å². The van der Waals surface area contributed by atoms with Gasteiger partial charge in [-0.25, -0.2) is 23.4 Å². The van der Waals surface area contributed by atoms with Gasteiger partial charge < -0.3 is 10.1 Å². The predicted molar refractivity (Wildman–Crippen MR) is 149 cm³/mol. The number of halogens is 1. The van der Waals surface area contributed by atoms with Gasteiger partial charge in [0.05, 0.1) is 23.4 Å². The molecular weight excluding hydrogens is 556 g/mol. The van der Waals surface area contributed by atoms with E-state index in [1.54, 1.807) is 30.3 Å². The number of hydrogen-bond donors (Lipinski definition) is 2.